The summed E-state index contributed by atoms with van der Waals surface area (Å²) in [5, 5.41) is 0. The monoisotopic (exact) mass is 300 g/mol. The Balaban J connectivity index is 1.65. The standard InChI is InChI=1S/C18H24N2S/c1-2-3-9-19-11-8-16-15(13-19)14-6-4-7-17-18(14)20(16)10-5-12-21-17/h2,4,6-7,15-16H,1,3,5,8-13H2. The molecule has 3 aliphatic rings. The van der Waals surface area contributed by atoms with Crippen molar-refractivity contribution in [2.75, 3.05) is 36.8 Å². The first kappa shape index (κ1) is 13.7. The molecule has 0 N–H and O–H groups in total. The van der Waals surface area contributed by atoms with Gasteiger partial charge in [-0.25, -0.2) is 0 Å². The van der Waals surface area contributed by atoms with Gasteiger partial charge in [0.05, 0.1) is 5.69 Å². The van der Waals surface area contributed by atoms with Crippen molar-refractivity contribution in [2.24, 2.45) is 0 Å². The SMILES string of the molecule is C=CCCN1CCC2C(C1)c1cccc3c1N2CCCS3. The molecule has 1 aromatic carbocycles. The van der Waals surface area contributed by atoms with Gasteiger partial charge in [-0.3, -0.25) is 0 Å². The summed E-state index contributed by atoms with van der Waals surface area (Å²) < 4.78 is 0. The molecule has 2 unspecified atom stereocenters. The number of piperidine rings is 1. The van der Waals surface area contributed by atoms with Gasteiger partial charge in [0, 0.05) is 43.0 Å². The van der Waals surface area contributed by atoms with Gasteiger partial charge in [0.15, 0.2) is 0 Å². The normalized spacial score (nSPS) is 27.9. The second-order valence-corrected chi connectivity index (χ2v) is 7.57. The third kappa shape index (κ3) is 2.31. The van der Waals surface area contributed by atoms with E-state index in [9.17, 15) is 0 Å². The zero-order valence-electron chi connectivity index (χ0n) is 12.6. The molecule has 112 valence electrons. The second-order valence-electron chi connectivity index (χ2n) is 6.43. The molecule has 1 aromatic rings. The first-order chi connectivity index (χ1) is 10.4. The fourth-order valence-corrected chi connectivity index (χ4v) is 5.33. The Morgan fingerprint density at radius 1 is 1.33 bits per heavy atom. The van der Waals surface area contributed by atoms with Gasteiger partial charge in [-0.2, -0.15) is 0 Å². The van der Waals surface area contributed by atoms with E-state index in [1.807, 2.05) is 6.08 Å². The minimum atomic E-state index is 0.720. The maximum Gasteiger partial charge on any atom is 0.0543 e. The lowest BCUT2D eigenvalue weighted by Gasteiger charge is -2.38. The molecule has 0 bridgehead atoms. The molecular weight excluding hydrogens is 276 g/mol. The van der Waals surface area contributed by atoms with Crippen molar-refractivity contribution in [3.63, 3.8) is 0 Å². The van der Waals surface area contributed by atoms with E-state index in [0.717, 1.165) is 18.4 Å². The van der Waals surface area contributed by atoms with Gasteiger partial charge in [-0.1, -0.05) is 18.2 Å². The topological polar surface area (TPSA) is 6.48 Å². The minimum Gasteiger partial charge on any atom is -0.367 e. The summed E-state index contributed by atoms with van der Waals surface area (Å²) in [6.07, 6.45) is 5.81. The van der Waals surface area contributed by atoms with Crippen LogP contribution in [0.5, 0.6) is 0 Å². The summed E-state index contributed by atoms with van der Waals surface area (Å²) in [4.78, 5) is 6.92. The number of anilines is 1. The number of fused-ring (bicyclic) bond motifs is 3. The van der Waals surface area contributed by atoms with Crippen molar-refractivity contribution in [2.45, 2.75) is 36.1 Å². The van der Waals surface area contributed by atoms with E-state index in [1.54, 1.807) is 11.3 Å². The summed E-state index contributed by atoms with van der Waals surface area (Å²) in [7, 11) is 0. The molecule has 21 heavy (non-hydrogen) atoms. The number of likely N-dealkylation sites (tertiary alicyclic amines) is 1. The Kier molecular flexibility index (Phi) is 3.72. The van der Waals surface area contributed by atoms with Crippen molar-refractivity contribution in [3.05, 3.63) is 36.4 Å². The maximum atomic E-state index is 3.87. The molecule has 2 nitrogen and oxygen atoms in total. The second kappa shape index (κ2) is 5.69. The third-order valence-electron chi connectivity index (χ3n) is 5.23. The van der Waals surface area contributed by atoms with Gasteiger partial charge in [0.1, 0.15) is 0 Å². The maximum absolute atomic E-state index is 3.87. The van der Waals surface area contributed by atoms with Crippen LogP contribution in [0.25, 0.3) is 0 Å². The van der Waals surface area contributed by atoms with Gasteiger partial charge in [0.2, 0.25) is 0 Å². The highest BCUT2D eigenvalue weighted by Gasteiger charge is 2.42. The van der Waals surface area contributed by atoms with E-state index >= 15 is 0 Å². The molecule has 0 saturated carbocycles. The molecule has 3 heterocycles. The highest BCUT2D eigenvalue weighted by Crippen LogP contribution is 2.50. The molecule has 0 amide bonds. The number of rotatable bonds is 3. The molecule has 0 spiro atoms. The van der Waals surface area contributed by atoms with Gasteiger partial charge >= 0.3 is 0 Å². The summed E-state index contributed by atoms with van der Waals surface area (Å²) >= 11 is 2.06. The predicted molar refractivity (Wildman–Crippen MR) is 91.5 cm³/mol. The lowest BCUT2D eigenvalue weighted by atomic mass is 9.89. The number of hydrogen-bond donors (Lipinski definition) is 0. The molecule has 0 aromatic heterocycles. The third-order valence-corrected chi connectivity index (χ3v) is 6.36. The molecule has 4 rings (SSSR count). The Hall–Kier alpha value is -0.930. The van der Waals surface area contributed by atoms with E-state index in [-0.39, 0.29) is 0 Å². The smallest absolute Gasteiger partial charge is 0.0543 e. The van der Waals surface area contributed by atoms with E-state index in [2.05, 4.69) is 46.3 Å². The highest BCUT2D eigenvalue weighted by atomic mass is 32.2. The summed E-state index contributed by atoms with van der Waals surface area (Å²) in [5.74, 6) is 1.99. The van der Waals surface area contributed by atoms with Crippen molar-refractivity contribution in [3.8, 4) is 0 Å². The first-order valence-electron chi connectivity index (χ1n) is 8.24. The van der Waals surface area contributed by atoms with Crippen LogP contribution in [0.15, 0.2) is 35.7 Å². The summed E-state index contributed by atoms with van der Waals surface area (Å²) in [5.41, 5.74) is 3.20. The lowest BCUT2D eigenvalue weighted by molar-refractivity contribution is 0.196. The molecule has 1 fully saturated rings. The molecular formula is C18H24N2S. The van der Waals surface area contributed by atoms with Gasteiger partial charge in [-0.05, 0) is 36.6 Å². The Morgan fingerprint density at radius 2 is 2.29 bits per heavy atom. The Bertz CT molecular complexity index is 542. The highest BCUT2D eigenvalue weighted by molar-refractivity contribution is 7.99. The van der Waals surface area contributed by atoms with Crippen molar-refractivity contribution >= 4 is 17.4 Å². The van der Waals surface area contributed by atoms with Gasteiger partial charge < -0.3 is 9.80 Å². The van der Waals surface area contributed by atoms with Crippen molar-refractivity contribution in [1.29, 1.82) is 0 Å². The molecule has 0 aliphatic carbocycles. The van der Waals surface area contributed by atoms with Crippen LogP contribution in [0, 0.1) is 0 Å². The average Bonchev–Trinajstić information content (AvgIpc) is 2.68. The van der Waals surface area contributed by atoms with Gasteiger partial charge in [0.25, 0.3) is 0 Å². The van der Waals surface area contributed by atoms with E-state index in [4.69, 9.17) is 0 Å². The zero-order valence-corrected chi connectivity index (χ0v) is 13.4. The first-order valence-corrected chi connectivity index (χ1v) is 9.22. The fourth-order valence-electron chi connectivity index (χ4n) is 4.29. The van der Waals surface area contributed by atoms with Crippen LogP contribution in [0.3, 0.4) is 0 Å². The van der Waals surface area contributed by atoms with Crippen molar-refractivity contribution in [1.82, 2.24) is 4.90 Å². The fraction of sp³-hybridized carbons (Fsp3) is 0.556. The van der Waals surface area contributed by atoms with Crippen LogP contribution in [0.2, 0.25) is 0 Å². The number of nitrogens with zero attached hydrogens (tertiary/aromatic N) is 2. The Morgan fingerprint density at radius 3 is 3.19 bits per heavy atom. The predicted octanol–water partition coefficient (Wildman–Crippen LogP) is 3.74. The van der Waals surface area contributed by atoms with Crippen LogP contribution < -0.4 is 4.90 Å². The van der Waals surface area contributed by atoms with Crippen LogP contribution in [-0.4, -0.2) is 42.9 Å². The zero-order chi connectivity index (χ0) is 14.2. The number of para-hydroxylation sites is 1. The molecule has 0 radical (unpaired) electrons. The quantitative estimate of drug-likeness (QED) is 0.785. The van der Waals surface area contributed by atoms with Crippen molar-refractivity contribution < 1.29 is 0 Å². The van der Waals surface area contributed by atoms with Crippen LogP contribution in [-0.2, 0) is 0 Å². The molecule has 2 atom stereocenters. The number of benzene rings is 1. The van der Waals surface area contributed by atoms with Gasteiger partial charge in [-0.15, -0.1) is 18.3 Å². The number of thioether (sulfide) groups is 1. The largest absolute Gasteiger partial charge is 0.367 e. The molecule has 3 heteroatoms. The molecule has 3 aliphatic heterocycles. The lowest BCUT2D eigenvalue weighted by Crippen LogP contribution is -2.46. The van der Waals surface area contributed by atoms with Crippen LogP contribution in [0.4, 0.5) is 5.69 Å². The van der Waals surface area contributed by atoms with Crippen LogP contribution in [0.1, 0.15) is 30.7 Å². The summed E-state index contributed by atoms with van der Waals surface area (Å²) in [6, 6.07) is 7.74. The summed E-state index contributed by atoms with van der Waals surface area (Å²) in [6.45, 7) is 8.78. The van der Waals surface area contributed by atoms with E-state index in [1.165, 1.54) is 49.7 Å². The molecule has 1 saturated heterocycles. The van der Waals surface area contributed by atoms with E-state index < -0.39 is 0 Å². The number of hydrogen-bond acceptors (Lipinski definition) is 3. The van der Waals surface area contributed by atoms with E-state index in [0.29, 0.717) is 0 Å². The Labute approximate surface area is 132 Å². The minimum absolute atomic E-state index is 0.720. The average molecular weight is 300 g/mol. The van der Waals surface area contributed by atoms with Crippen LogP contribution >= 0.6 is 11.8 Å².